The maximum Gasteiger partial charge on any atom is 0.673 e. The van der Waals surface area contributed by atoms with Crippen LogP contribution in [0.25, 0.3) is 0 Å². The zero-order valence-corrected chi connectivity index (χ0v) is 43.6. The van der Waals surface area contributed by atoms with Crippen LogP contribution in [0.5, 0.6) is 0 Å². The summed E-state index contributed by atoms with van der Waals surface area (Å²) in [6, 6.07) is 20.6. The van der Waals surface area contributed by atoms with Crippen molar-refractivity contribution in [3.8, 4) is 0 Å². The molecule has 66 heavy (non-hydrogen) atoms. The zero-order valence-electron chi connectivity index (χ0n) is 43.6. The second kappa shape index (κ2) is 24.7. The van der Waals surface area contributed by atoms with E-state index in [1.165, 1.54) is 147 Å². The second-order valence-corrected chi connectivity index (χ2v) is 20.0. The number of halogens is 4. The lowest BCUT2D eigenvalue weighted by Gasteiger charge is -2.33. The molecule has 4 aromatic rings. The number of amidine groups is 1. The van der Waals surface area contributed by atoms with Gasteiger partial charge in [-0.05, 0) is 173 Å². The smallest absolute Gasteiger partial charge is 0.418 e. The molecule has 0 aromatic heterocycles. The molecule has 9 heteroatoms. The van der Waals surface area contributed by atoms with Crippen LogP contribution >= 0.6 is 0 Å². The van der Waals surface area contributed by atoms with Gasteiger partial charge in [0.2, 0.25) is 0 Å². The van der Waals surface area contributed by atoms with E-state index in [-0.39, 0.29) is 6.04 Å². The Morgan fingerprint density at radius 1 is 0.500 bits per heavy atom. The molecule has 4 nitrogen and oxygen atoms in total. The molecule has 4 atom stereocenters. The Morgan fingerprint density at radius 3 is 1.27 bits per heavy atom. The number of unbranched alkanes of at least 4 members (excludes halogenated alkanes) is 4. The van der Waals surface area contributed by atoms with Crippen molar-refractivity contribution in [2.45, 2.75) is 211 Å². The Balaban J connectivity index is 0.00000180. The molecular weight excluding hydrogens is 827 g/mol. The van der Waals surface area contributed by atoms with Crippen LogP contribution in [0.2, 0.25) is 0 Å². The predicted molar refractivity (Wildman–Crippen MR) is 280 cm³/mol. The summed E-state index contributed by atoms with van der Waals surface area (Å²) in [5.41, 5.74) is 21.9. The van der Waals surface area contributed by atoms with Gasteiger partial charge in [-0.15, -0.1) is 0 Å². The first-order valence-electron chi connectivity index (χ1n) is 25.3. The lowest BCUT2D eigenvalue weighted by molar-refractivity contribution is -0.481. The highest BCUT2D eigenvalue weighted by atomic mass is 19.5. The van der Waals surface area contributed by atoms with Crippen molar-refractivity contribution in [1.29, 1.82) is 0 Å². The summed E-state index contributed by atoms with van der Waals surface area (Å²) in [4.78, 5) is 2.89. The highest BCUT2D eigenvalue weighted by Crippen LogP contribution is 2.42. The Hall–Kier alpha value is -4.27. The third kappa shape index (κ3) is 14.6. The SMILES string of the molecule is CCCCC(Nc1c(C)cc(C)cc1C)C(CCCCC1=[N+](c2c(C)cc(C)cc2C)[C@H](CCCC)[C@@H](CCCC)N1c1c(C)cc(C)cc1C)Nc1c(C)cc(C)cc1C.F[B-](F)(F)F. The van der Waals surface area contributed by atoms with Crippen LogP contribution < -0.4 is 15.5 Å². The third-order valence-electron chi connectivity index (χ3n) is 13.7. The van der Waals surface area contributed by atoms with Gasteiger partial charge in [0.25, 0.3) is 5.84 Å². The quantitative estimate of drug-likeness (QED) is 0.0378. The largest absolute Gasteiger partial charge is 0.673 e. The second-order valence-electron chi connectivity index (χ2n) is 20.0. The van der Waals surface area contributed by atoms with Crippen LogP contribution in [-0.4, -0.2) is 41.8 Å². The Labute approximate surface area is 398 Å². The number of hydrogen-bond donors (Lipinski definition) is 2. The van der Waals surface area contributed by atoms with E-state index in [0.717, 1.165) is 32.1 Å². The van der Waals surface area contributed by atoms with E-state index in [9.17, 15) is 17.3 Å². The molecule has 0 radical (unpaired) electrons. The number of hydrogen-bond acceptors (Lipinski definition) is 3. The first-order chi connectivity index (χ1) is 31.1. The standard InChI is InChI=1S/C57H85N4.BF4/c1-16-19-24-49(58-54-41(8)29-37(4)30-42(54)9)50(59-55-43(10)31-38(5)32-44(55)11)25-22-23-28-53-60(56-45(12)33-39(6)34-46(56)13)51(26-20-17-2)52(27-21-18-3)61(53)57-47(14)35-40(7)36-48(57)15;2-1(3,4)5/h29-36,49-52,58-59H,16-28H2,1-15H3;/q+1;-1/t49?,50?,51-,52-;/m1./s1. The van der Waals surface area contributed by atoms with Crippen molar-refractivity contribution in [3.63, 3.8) is 0 Å². The van der Waals surface area contributed by atoms with Crippen LogP contribution in [0, 0.1) is 83.1 Å². The molecule has 0 aliphatic carbocycles. The van der Waals surface area contributed by atoms with E-state index < -0.39 is 7.25 Å². The molecule has 0 saturated heterocycles. The molecule has 4 aromatic carbocycles. The number of aryl methyl sites for hydroxylation is 12. The van der Waals surface area contributed by atoms with Crippen LogP contribution in [0.15, 0.2) is 48.5 Å². The molecule has 0 saturated carbocycles. The molecule has 2 unspecified atom stereocenters. The fourth-order valence-corrected chi connectivity index (χ4v) is 11.3. The van der Waals surface area contributed by atoms with Gasteiger partial charge in [-0.3, -0.25) is 0 Å². The Morgan fingerprint density at radius 2 is 0.864 bits per heavy atom. The fraction of sp³-hybridized carbons (Fsp3) is 0.561. The molecule has 2 N–H and O–H groups in total. The van der Waals surface area contributed by atoms with Gasteiger partial charge in [-0.25, -0.2) is 9.48 Å². The normalized spacial score (nSPS) is 16.1. The summed E-state index contributed by atoms with van der Waals surface area (Å²) in [5.74, 6) is 1.52. The molecule has 5 rings (SSSR count). The minimum atomic E-state index is -6.00. The summed E-state index contributed by atoms with van der Waals surface area (Å²) in [6.07, 6.45) is 15.4. The summed E-state index contributed by atoms with van der Waals surface area (Å²) in [6.45, 7) is 34.6. The highest BCUT2D eigenvalue weighted by molar-refractivity contribution is 6.50. The molecule has 1 heterocycles. The number of rotatable bonds is 21. The van der Waals surface area contributed by atoms with Crippen molar-refractivity contribution in [2.24, 2.45) is 0 Å². The van der Waals surface area contributed by atoms with Gasteiger partial charge in [0, 0.05) is 29.9 Å². The summed E-state index contributed by atoms with van der Waals surface area (Å²) >= 11 is 0. The van der Waals surface area contributed by atoms with Crippen molar-refractivity contribution in [2.75, 3.05) is 15.5 Å². The van der Waals surface area contributed by atoms with Crippen molar-refractivity contribution >= 4 is 35.8 Å². The Kier molecular flexibility index (Phi) is 20.3. The average molecular weight is 913 g/mol. The van der Waals surface area contributed by atoms with Gasteiger partial charge in [0.1, 0.15) is 23.5 Å². The lowest BCUT2D eigenvalue weighted by atomic mass is 9.93. The molecule has 0 bridgehead atoms. The van der Waals surface area contributed by atoms with E-state index in [2.05, 4.69) is 172 Å². The number of benzene rings is 4. The summed E-state index contributed by atoms with van der Waals surface area (Å²) < 4.78 is 41.9. The van der Waals surface area contributed by atoms with Crippen LogP contribution in [0.4, 0.5) is 40.0 Å². The molecule has 0 fully saturated rings. The van der Waals surface area contributed by atoms with Gasteiger partial charge in [0.15, 0.2) is 0 Å². The molecular formula is C57H85BF4N4. The molecule has 0 amide bonds. The summed E-state index contributed by atoms with van der Waals surface area (Å²) in [5, 5.41) is 8.42. The Bertz CT molecular complexity index is 2160. The number of anilines is 3. The molecule has 0 spiro atoms. The van der Waals surface area contributed by atoms with Crippen LogP contribution in [-0.2, 0) is 0 Å². The predicted octanol–water partition coefficient (Wildman–Crippen LogP) is 17.1. The van der Waals surface area contributed by atoms with Crippen LogP contribution in [0.1, 0.15) is 171 Å². The fourth-order valence-electron chi connectivity index (χ4n) is 11.3. The number of nitrogens with one attached hydrogen (secondary N) is 2. The maximum atomic E-state index is 9.75. The topological polar surface area (TPSA) is 30.3 Å². The number of nitrogens with zero attached hydrogens (tertiary/aromatic N) is 2. The van der Waals surface area contributed by atoms with E-state index in [1.807, 2.05) is 0 Å². The lowest BCUT2D eigenvalue weighted by Crippen LogP contribution is -2.41. The van der Waals surface area contributed by atoms with E-state index >= 15 is 0 Å². The monoisotopic (exact) mass is 913 g/mol. The van der Waals surface area contributed by atoms with E-state index in [0.29, 0.717) is 18.1 Å². The van der Waals surface area contributed by atoms with Crippen molar-refractivity contribution < 1.29 is 21.8 Å². The van der Waals surface area contributed by atoms with Gasteiger partial charge >= 0.3 is 7.25 Å². The van der Waals surface area contributed by atoms with E-state index in [4.69, 9.17) is 0 Å². The van der Waals surface area contributed by atoms with Gasteiger partial charge < -0.3 is 27.9 Å². The zero-order chi connectivity index (χ0) is 49.0. The molecule has 1 aliphatic heterocycles. The average Bonchev–Trinajstić information content (AvgIpc) is 3.47. The van der Waals surface area contributed by atoms with Gasteiger partial charge in [0.05, 0.1) is 0 Å². The highest BCUT2D eigenvalue weighted by Gasteiger charge is 2.49. The van der Waals surface area contributed by atoms with Crippen LogP contribution in [0.3, 0.4) is 0 Å². The van der Waals surface area contributed by atoms with E-state index in [1.54, 1.807) is 0 Å². The van der Waals surface area contributed by atoms with Gasteiger partial charge in [-0.1, -0.05) is 124 Å². The molecule has 1 aliphatic rings. The minimum absolute atomic E-state index is 0.283. The summed E-state index contributed by atoms with van der Waals surface area (Å²) in [7, 11) is -6.00. The minimum Gasteiger partial charge on any atom is -0.418 e. The third-order valence-corrected chi connectivity index (χ3v) is 13.7. The first-order valence-corrected chi connectivity index (χ1v) is 25.3. The molecule has 364 valence electrons. The maximum absolute atomic E-state index is 9.75. The first kappa shape index (κ1) is 54.3. The van der Waals surface area contributed by atoms with Gasteiger partial charge in [-0.2, -0.15) is 0 Å². The van der Waals surface area contributed by atoms with Crippen molar-refractivity contribution in [3.05, 3.63) is 115 Å². The van der Waals surface area contributed by atoms with Crippen molar-refractivity contribution in [1.82, 2.24) is 0 Å².